The fraction of sp³-hybridized carbons (Fsp3) is 0.455. The standard InChI is InChI=1S/C11H14FNO3/c1-15-7-5-6(12)9(14)8(10(7)16-2)11(13)3-4-11/h5,14H,3-4,13H2,1-2H3. The van der Waals surface area contributed by atoms with Crippen LogP contribution in [0, 0.1) is 5.82 Å². The number of aromatic hydroxyl groups is 1. The normalized spacial score (nSPS) is 17.0. The van der Waals surface area contributed by atoms with Crippen LogP contribution in [0.3, 0.4) is 0 Å². The molecule has 4 nitrogen and oxygen atoms in total. The number of hydrogen-bond donors (Lipinski definition) is 2. The molecule has 1 saturated carbocycles. The van der Waals surface area contributed by atoms with Gasteiger partial charge in [-0.25, -0.2) is 4.39 Å². The van der Waals surface area contributed by atoms with Crippen LogP contribution in [-0.4, -0.2) is 19.3 Å². The van der Waals surface area contributed by atoms with Gasteiger partial charge in [-0.1, -0.05) is 0 Å². The van der Waals surface area contributed by atoms with Gasteiger partial charge in [0.15, 0.2) is 23.1 Å². The van der Waals surface area contributed by atoms with E-state index in [1.807, 2.05) is 0 Å². The van der Waals surface area contributed by atoms with E-state index in [1.165, 1.54) is 14.2 Å². The van der Waals surface area contributed by atoms with Gasteiger partial charge in [-0.05, 0) is 12.8 Å². The number of hydrogen-bond acceptors (Lipinski definition) is 4. The van der Waals surface area contributed by atoms with Gasteiger partial charge in [-0.3, -0.25) is 0 Å². The summed E-state index contributed by atoms with van der Waals surface area (Å²) in [6.07, 6.45) is 1.40. The first-order chi connectivity index (χ1) is 7.53. The van der Waals surface area contributed by atoms with Gasteiger partial charge >= 0.3 is 0 Å². The van der Waals surface area contributed by atoms with Gasteiger partial charge in [-0.2, -0.15) is 0 Å². The Labute approximate surface area is 92.8 Å². The highest BCUT2D eigenvalue weighted by atomic mass is 19.1. The molecule has 0 spiro atoms. The lowest BCUT2D eigenvalue weighted by molar-refractivity contribution is 0.334. The summed E-state index contributed by atoms with van der Waals surface area (Å²) in [6.45, 7) is 0. The Morgan fingerprint density at radius 2 is 2.00 bits per heavy atom. The van der Waals surface area contributed by atoms with Crippen LogP contribution in [0.15, 0.2) is 6.07 Å². The van der Waals surface area contributed by atoms with Crippen molar-refractivity contribution in [2.45, 2.75) is 18.4 Å². The minimum atomic E-state index is -0.746. The van der Waals surface area contributed by atoms with Gasteiger partial charge in [0.25, 0.3) is 0 Å². The summed E-state index contributed by atoms with van der Waals surface area (Å²) in [6, 6.07) is 1.09. The van der Waals surface area contributed by atoms with Crippen molar-refractivity contribution >= 4 is 0 Å². The van der Waals surface area contributed by atoms with Crippen LogP contribution in [0.1, 0.15) is 18.4 Å². The third-order valence-corrected chi connectivity index (χ3v) is 2.88. The maximum absolute atomic E-state index is 13.5. The first-order valence-corrected chi connectivity index (χ1v) is 4.96. The minimum absolute atomic E-state index is 0.240. The zero-order valence-electron chi connectivity index (χ0n) is 9.21. The lowest BCUT2D eigenvalue weighted by Gasteiger charge is -2.18. The van der Waals surface area contributed by atoms with Gasteiger partial charge < -0.3 is 20.3 Å². The number of rotatable bonds is 3. The second kappa shape index (κ2) is 3.52. The van der Waals surface area contributed by atoms with Crippen molar-refractivity contribution in [3.05, 3.63) is 17.4 Å². The van der Waals surface area contributed by atoms with E-state index in [9.17, 15) is 9.50 Å². The Morgan fingerprint density at radius 1 is 1.38 bits per heavy atom. The van der Waals surface area contributed by atoms with Crippen molar-refractivity contribution in [3.8, 4) is 17.2 Å². The molecule has 0 aromatic heterocycles. The Hall–Kier alpha value is -1.49. The molecule has 0 unspecified atom stereocenters. The highest BCUT2D eigenvalue weighted by molar-refractivity contribution is 5.58. The Morgan fingerprint density at radius 3 is 2.44 bits per heavy atom. The van der Waals surface area contributed by atoms with Gasteiger partial charge in [0, 0.05) is 11.6 Å². The van der Waals surface area contributed by atoms with Crippen molar-refractivity contribution in [1.82, 2.24) is 0 Å². The zero-order valence-corrected chi connectivity index (χ0v) is 9.21. The molecule has 0 radical (unpaired) electrons. The number of phenols is 1. The molecule has 16 heavy (non-hydrogen) atoms. The summed E-state index contributed by atoms with van der Waals surface area (Å²) < 4.78 is 23.6. The van der Waals surface area contributed by atoms with Crippen LogP contribution in [0.5, 0.6) is 17.2 Å². The summed E-state index contributed by atoms with van der Waals surface area (Å²) in [5, 5.41) is 9.71. The van der Waals surface area contributed by atoms with E-state index < -0.39 is 17.1 Å². The number of methoxy groups -OCH3 is 2. The van der Waals surface area contributed by atoms with Gasteiger partial charge in [0.2, 0.25) is 0 Å². The molecule has 0 aliphatic heterocycles. The van der Waals surface area contributed by atoms with E-state index >= 15 is 0 Å². The fourth-order valence-electron chi connectivity index (χ4n) is 1.80. The Bertz CT molecular complexity index is 430. The Balaban J connectivity index is 2.67. The highest BCUT2D eigenvalue weighted by Gasteiger charge is 2.46. The monoisotopic (exact) mass is 227 g/mol. The molecular weight excluding hydrogens is 213 g/mol. The molecule has 3 N–H and O–H groups in total. The van der Waals surface area contributed by atoms with Gasteiger partial charge in [0.05, 0.1) is 19.8 Å². The lowest BCUT2D eigenvalue weighted by atomic mass is 10.0. The molecule has 1 aliphatic rings. The first-order valence-electron chi connectivity index (χ1n) is 4.96. The molecule has 0 saturated heterocycles. The molecule has 0 heterocycles. The maximum atomic E-state index is 13.5. The van der Waals surface area contributed by atoms with Crippen LogP contribution in [0.4, 0.5) is 4.39 Å². The molecule has 1 aromatic carbocycles. The van der Waals surface area contributed by atoms with Crippen LogP contribution in [-0.2, 0) is 5.54 Å². The van der Waals surface area contributed by atoms with Crippen LogP contribution < -0.4 is 15.2 Å². The van der Waals surface area contributed by atoms with E-state index in [-0.39, 0.29) is 5.75 Å². The average Bonchev–Trinajstić information content (AvgIpc) is 3.00. The molecule has 5 heteroatoms. The van der Waals surface area contributed by atoms with Crippen molar-refractivity contribution < 1.29 is 19.0 Å². The topological polar surface area (TPSA) is 64.7 Å². The molecule has 2 rings (SSSR count). The van der Waals surface area contributed by atoms with Crippen LogP contribution >= 0.6 is 0 Å². The smallest absolute Gasteiger partial charge is 0.169 e. The summed E-state index contributed by atoms with van der Waals surface area (Å²) in [5.74, 6) is -0.645. The molecule has 88 valence electrons. The molecule has 1 fully saturated rings. The van der Waals surface area contributed by atoms with E-state index in [1.54, 1.807) is 0 Å². The molecular formula is C11H14FNO3. The predicted octanol–water partition coefficient (Wildman–Crippen LogP) is 1.50. The largest absolute Gasteiger partial charge is 0.504 e. The summed E-state index contributed by atoms with van der Waals surface area (Å²) in [7, 11) is 2.85. The van der Waals surface area contributed by atoms with E-state index in [0.717, 1.165) is 6.07 Å². The number of ether oxygens (including phenoxy) is 2. The van der Waals surface area contributed by atoms with Gasteiger partial charge in [0.1, 0.15) is 0 Å². The van der Waals surface area contributed by atoms with E-state index in [4.69, 9.17) is 15.2 Å². The summed E-state index contributed by atoms with van der Waals surface area (Å²) in [5.41, 5.74) is 5.58. The van der Waals surface area contributed by atoms with E-state index in [0.29, 0.717) is 24.2 Å². The molecule has 1 aromatic rings. The third kappa shape index (κ3) is 1.48. The van der Waals surface area contributed by atoms with Crippen molar-refractivity contribution in [2.75, 3.05) is 14.2 Å². The number of nitrogens with two attached hydrogens (primary N) is 1. The number of halogens is 1. The minimum Gasteiger partial charge on any atom is -0.504 e. The SMILES string of the molecule is COc1cc(F)c(O)c(C2(N)CC2)c1OC. The van der Waals surface area contributed by atoms with Crippen molar-refractivity contribution in [1.29, 1.82) is 0 Å². The average molecular weight is 227 g/mol. The van der Waals surface area contributed by atoms with Crippen LogP contribution in [0.2, 0.25) is 0 Å². The second-order valence-electron chi connectivity index (χ2n) is 3.97. The van der Waals surface area contributed by atoms with Crippen molar-refractivity contribution in [2.24, 2.45) is 5.73 Å². The zero-order chi connectivity index (χ0) is 11.9. The molecule has 0 bridgehead atoms. The molecule has 1 aliphatic carbocycles. The fourth-order valence-corrected chi connectivity index (χ4v) is 1.80. The highest BCUT2D eigenvalue weighted by Crippen LogP contribution is 2.53. The molecule has 0 atom stereocenters. The lowest BCUT2D eigenvalue weighted by Crippen LogP contribution is -2.20. The summed E-state index contributed by atoms with van der Waals surface area (Å²) in [4.78, 5) is 0. The predicted molar refractivity (Wildman–Crippen MR) is 56.3 cm³/mol. The quantitative estimate of drug-likeness (QED) is 0.821. The molecule has 0 amide bonds. The van der Waals surface area contributed by atoms with Crippen LogP contribution in [0.25, 0.3) is 0 Å². The Kier molecular flexibility index (Phi) is 2.42. The number of benzene rings is 1. The number of phenolic OH excluding ortho intramolecular Hbond substituents is 1. The summed E-state index contributed by atoms with van der Waals surface area (Å²) >= 11 is 0. The van der Waals surface area contributed by atoms with Gasteiger partial charge in [-0.15, -0.1) is 0 Å². The van der Waals surface area contributed by atoms with E-state index in [2.05, 4.69) is 0 Å². The van der Waals surface area contributed by atoms with Crippen molar-refractivity contribution in [3.63, 3.8) is 0 Å². The maximum Gasteiger partial charge on any atom is 0.169 e. The first kappa shape index (κ1) is 11.0. The third-order valence-electron chi connectivity index (χ3n) is 2.88. The second-order valence-corrected chi connectivity index (χ2v) is 3.97.